The number of carbonyl (C=O) groups excluding carboxylic acids is 1. The Morgan fingerprint density at radius 1 is 1.19 bits per heavy atom. The Labute approximate surface area is 159 Å². The molecule has 7 nitrogen and oxygen atoms in total. The van der Waals surface area contributed by atoms with Crippen molar-refractivity contribution in [3.8, 4) is 5.69 Å². The van der Waals surface area contributed by atoms with Gasteiger partial charge in [-0.15, -0.1) is 5.10 Å². The lowest BCUT2D eigenvalue weighted by molar-refractivity contribution is -0.113. The highest BCUT2D eigenvalue weighted by molar-refractivity contribution is 7.99. The van der Waals surface area contributed by atoms with Gasteiger partial charge in [0.15, 0.2) is 5.13 Å². The normalized spacial score (nSPS) is 11.0. The van der Waals surface area contributed by atoms with Gasteiger partial charge in [-0.1, -0.05) is 29.2 Å². The summed E-state index contributed by atoms with van der Waals surface area (Å²) in [6.45, 7) is 0. The molecule has 0 saturated carbocycles. The molecule has 4 aromatic rings. The van der Waals surface area contributed by atoms with Crippen molar-refractivity contribution in [3.05, 3.63) is 54.1 Å². The van der Waals surface area contributed by atoms with Crippen molar-refractivity contribution < 1.29 is 13.6 Å². The summed E-state index contributed by atoms with van der Waals surface area (Å²) in [6, 6.07) is 10.0. The molecule has 2 aromatic carbocycles. The second-order valence-electron chi connectivity index (χ2n) is 5.32. The molecule has 2 heterocycles. The fraction of sp³-hybridized carbons (Fsp3) is 0.0625. The van der Waals surface area contributed by atoms with Crippen molar-refractivity contribution in [3.63, 3.8) is 0 Å². The first-order valence-electron chi connectivity index (χ1n) is 7.61. The van der Waals surface area contributed by atoms with Crippen molar-refractivity contribution in [1.82, 2.24) is 25.2 Å². The Morgan fingerprint density at radius 2 is 2.04 bits per heavy atom. The fourth-order valence-electron chi connectivity index (χ4n) is 2.28. The first-order valence-corrected chi connectivity index (χ1v) is 9.42. The van der Waals surface area contributed by atoms with Gasteiger partial charge in [-0.2, -0.15) is 4.68 Å². The van der Waals surface area contributed by atoms with E-state index in [2.05, 4.69) is 25.8 Å². The van der Waals surface area contributed by atoms with E-state index in [0.717, 1.165) is 11.8 Å². The molecule has 0 saturated heterocycles. The minimum Gasteiger partial charge on any atom is -0.301 e. The molecule has 2 aromatic heterocycles. The first-order chi connectivity index (χ1) is 13.1. The van der Waals surface area contributed by atoms with Crippen molar-refractivity contribution in [2.24, 2.45) is 0 Å². The number of fused-ring (bicyclic) bond motifs is 1. The maximum atomic E-state index is 13.4. The second kappa shape index (κ2) is 7.37. The summed E-state index contributed by atoms with van der Waals surface area (Å²) in [6.07, 6.45) is 0. The van der Waals surface area contributed by atoms with Gasteiger partial charge in [0.25, 0.3) is 0 Å². The zero-order valence-electron chi connectivity index (χ0n) is 13.5. The monoisotopic (exact) mass is 404 g/mol. The van der Waals surface area contributed by atoms with E-state index in [4.69, 9.17) is 0 Å². The van der Waals surface area contributed by atoms with E-state index in [0.29, 0.717) is 26.2 Å². The largest absolute Gasteiger partial charge is 0.301 e. The van der Waals surface area contributed by atoms with Crippen LogP contribution in [0.4, 0.5) is 13.9 Å². The molecule has 0 aliphatic heterocycles. The lowest BCUT2D eigenvalue weighted by Crippen LogP contribution is -2.14. The van der Waals surface area contributed by atoms with Crippen LogP contribution in [0.2, 0.25) is 0 Å². The summed E-state index contributed by atoms with van der Waals surface area (Å²) < 4.78 is 28.6. The number of tetrazole rings is 1. The molecule has 0 unspecified atom stereocenters. The van der Waals surface area contributed by atoms with E-state index in [1.54, 1.807) is 18.2 Å². The van der Waals surface area contributed by atoms with Crippen molar-refractivity contribution in [2.45, 2.75) is 5.16 Å². The number of nitrogens with zero attached hydrogens (tertiary/aromatic N) is 5. The average molecular weight is 404 g/mol. The number of amides is 1. The van der Waals surface area contributed by atoms with E-state index < -0.39 is 5.82 Å². The number of benzene rings is 2. The number of halogens is 2. The third kappa shape index (κ3) is 3.93. The van der Waals surface area contributed by atoms with Gasteiger partial charge in [0.05, 0.1) is 21.7 Å². The number of carbonyl (C=O) groups is 1. The highest BCUT2D eigenvalue weighted by atomic mass is 32.2. The van der Waals surface area contributed by atoms with Crippen LogP contribution in [0, 0.1) is 11.6 Å². The second-order valence-corrected chi connectivity index (χ2v) is 7.29. The molecule has 0 aliphatic rings. The highest BCUT2D eigenvalue weighted by Crippen LogP contribution is 2.27. The molecule has 27 heavy (non-hydrogen) atoms. The van der Waals surface area contributed by atoms with Crippen LogP contribution < -0.4 is 5.32 Å². The lowest BCUT2D eigenvalue weighted by atomic mass is 10.3. The first kappa shape index (κ1) is 17.5. The third-order valence-electron chi connectivity index (χ3n) is 3.42. The number of thiazole rings is 1. The predicted octanol–water partition coefficient (Wildman–Crippen LogP) is 3.28. The van der Waals surface area contributed by atoms with Crippen LogP contribution in [-0.2, 0) is 4.79 Å². The Balaban J connectivity index is 1.43. The molecule has 0 bridgehead atoms. The smallest absolute Gasteiger partial charge is 0.236 e. The highest BCUT2D eigenvalue weighted by Gasteiger charge is 2.13. The van der Waals surface area contributed by atoms with Gasteiger partial charge in [0.1, 0.15) is 11.6 Å². The maximum absolute atomic E-state index is 13.4. The summed E-state index contributed by atoms with van der Waals surface area (Å²) in [7, 11) is 0. The molecule has 0 aliphatic carbocycles. The Morgan fingerprint density at radius 3 is 2.89 bits per heavy atom. The van der Waals surface area contributed by atoms with Crippen LogP contribution in [0.25, 0.3) is 15.9 Å². The van der Waals surface area contributed by atoms with E-state index in [1.165, 1.54) is 40.3 Å². The summed E-state index contributed by atoms with van der Waals surface area (Å²) >= 11 is 2.29. The molecule has 1 amide bonds. The van der Waals surface area contributed by atoms with Crippen LogP contribution in [0.15, 0.2) is 47.6 Å². The lowest BCUT2D eigenvalue weighted by Gasteiger charge is -2.04. The van der Waals surface area contributed by atoms with Gasteiger partial charge in [0.2, 0.25) is 11.1 Å². The number of hydrogen-bond donors (Lipinski definition) is 1. The van der Waals surface area contributed by atoms with E-state index >= 15 is 0 Å². The molecule has 0 fully saturated rings. The molecule has 4 rings (SSSR count). The SMILES string of the molecule is O=C(CSc1nnnn1-c1cccc(F)c1)Nc1nc2ccc(F)cc2s1. The van der Waals surface area contributed by atoms with Crippen molar-refractivity contribution in [2.75, 3.05) is 11.1 Å². The number of aromatic nitrogens is 5. The summed E-state index contributed by atoms with van der Waals surface area (Å²) in [5.41, 5.74) is 1.07. The molecule has 0 radical (unpaired) electrons. The van der Waals surface area contributed by atoms with Gasteiger partial charge < -0.3 is 5.32 Å². The van der Waals surface area contributed by atoms with Crippen LogP contribution in [0.1, 0.15) is 0 Å². The van der Waals surface area contributed by atoms with Gasteiger partial charge in [0, 0.05) is 0 Å². The Kier molecular flexibility index (Phi) is 4.77. The van der Waals surface area contributed by atoms with Crippen molar-refractivity contribution >= 4 is 44.4 Å². The topological polar surface area (TPSA) is 85.6 Å². The Bertz CT molecular complexity index is 1130. The number of hydrogen-bond acceptors (Lipinski definition) is 7. The van der Waals surface area contributed by atoms with E-state index in [-0.39, 0.29) is 17.5 Å². The van der Waals surface area contributed by atoms with Crippen molar-refractivity contribution in [1.29, 1.82) is 0 Å². The number of rotatable bonds is 5. The van der Waals surface area contributed by atoms with Gasteiger partial charge in [-0.3, -0.25) is 4.79 Å². The molecule has 1 N–H and O–H groups in total. The van der Waals surface area contributed by atoms with Crippen LogP contribution in [-0.4, -0.2) is 36.9 Å². The minimum atomic E-state index is -0.413. The van der Waals surface area contributed by atoms with Gasteiger partial charge >= 0.3 is 0 Å². The van der Waals surface area contributed by atoms with E-state index in [9.17, 15) is 13.6 Å². The zero-order chi connectivity index (χ0) is 18.8. The number of nitrogens with one attached hydrogen (secondary N) is 1. The standard InChI is InChI=1S/C16H10F2N6OS2/c17-9-2-1-3-11(6-9)24-16(21-22-23-24)26-8-14(25)20-15-19-12-5-4-10(18)7-13(12)27-15/h1-7H,8H2,(H,19,20,25). The summed E-state index contributed by atoms with van der Waals surface area (Å²) in [5, 5.41) is 14.6. The molecular formula is C16H10F2N6OS2. The predicted molar refractivity (Wildman–Crippen MR) is 98.0 cm³/mol. The molecule has 11 heteroatoms. The van der Waals surface area contributed by atoms with Gasteiger partial charge in [-0.05, 0) is 46.8 Å². The van der Waals surface area contributed by atoms with Gasteiger partial charge in [-0.25, -0.2) is 13.8 Å². The molecular weight excluding hydrogens is 394 g/mol. The summed E-state index contributed by atoms with van der Waals surface area (Å²) in [5.74, 6) is -1.05. The summed E-state index contributed by atoms with van der Waals surface area (Å²) in [4.78, 5) is 16.4. The van der Waals surface area contributed by atoms with Crippen LogP contribution >= 0.6 is 23.1 Å². The van der Waals surface area contributed by atoms with Crippen LogP contribution in [0.3, 0.4) is 0 Å². The maximum Gasteiger partial charge on any atom is 0.236 e. The fourth-order valence-corrected chi connectivity index (χ4v) is 3.87. The molecule has 136 valence electrons. The van der Waals surface area contributed by atoms with Crippen LogP contribution in [0.5, 0.6) is 0 Å². The quantitative estimate of drug-likeness (QED) is 0.514. The average Bonchev–Trinajstić information content (AvgIpc) is 3.25. The van der Waals surface area contributed by atoms with E-state index in [1.807, 2.05) is 0 Å². The number of thioether (sulfide) groups is 1. The Hall–Kier alpha value is -2.92. The zero-order valence-corrected chi connectivity index (χ0v) is 15.1. The molecule has 0 spiro atoms. The minimum absolute atomic E-state index is 0.0278. The number of anilines is 1. The molecule has 0 atom stereocenters. The third-order valence-corrected chi connectivity index (χ3v) is 5.28.